The average molecular weight is 282 g/mol. The summed E-state index contributed by atoms with van der Waals surface area (Å²) < 4.78 is 1.87. The van der Waals surface area contributed by atoms with E-state index < -0.39 is 0 Å². The maximum atomic E-state index is 4.63. The summed E-state index contributed by atoms with van der Waals surface area (Å²) in [6.07, 6.45) is 6.98. The maximum Gasteiger partial charge on any atom is 0.226 e. The van der Waals surface area contributed by atoms with Gasteiger partial charge in [-0.2, -0.15) is 0 Å². The van der Waals surface area contributed by atoms with E-state index in [2.05, 4.69) is 35.4 Å². The lowest BCUT2D eigenvalue weighted by atomic mass is 10.3. The fourth-order valence-electron chi connectivity index (χ4n) is 2.42. The highest BCUT2D eigenvalue weighted by Crippen LogP contribution is 2.18. The van der Waals surface area contributed by atoms with Crippen LogP contribution >= 0.6 is 0 Å². The molecule has 0 saturated carbocycles. The zero-order valence-corrected chi connectivity index (χ0v) is 11.3. The van der Waals surface area contributed by atoms with Gasteiger partial charge in [0.2, 0.25) is 5.95 Å². The number of hydrogen-bond donors (Lipinski definition) is 1. The molecule has 0 aromatic carbocycles. The molecule has 1 aliphatic rings. The van der Waals surface area contributed by atoms with E-state index in [1.165, 1.54) is 0 Å². The summed E-state index contributed by atoms with van der Waals surface area (Å²) in [6, 6.07) is 1.85. The molecule has 1 N–H and O–H groups in total. The van der Waals surface area contributed by atoms with Gasteiger partial charge in [-0.3, -0.25) is 9.38 Å². The van der Waals surface area contributed by atoms with E-state index in [-0.39, 0.29) is 0 Å². The molecule has 0 unspecified atom stereocenters. The fraction of sp³-hybridized carbons (Fsp3) is 0.308. The van der Waals surface area contributed by atoms with Crippen LogP contribution in [-0.4, -0.2) is 55.7 Å². The van der Waals surface area contributed by atoms with E-state index in [1.807, 2.05) is 16.7 Å². The minimum absolute atomic E-state index is 0.700. The molecule has 0 bridgehead atoms. The number of aromatic nitrogens is 6. The Morgan fingerprint density at radius 1 is 1.10 bits per heavy atom. The second-order valence-electron chi connectivity index (χ2n) is 4.81. The zero-order chi connectivity index (χ0) is 14.1. The molecule has 1 saturated heterocycles. The molecule has 21 heavy (non-hydrogen) atoms. The molecule has 0 aliphatic carbocycles. The normalized spacial score (nSPS) is 15.5. The van der Waals surface area contributed by atoms with Crippen LogP contribution in [0.15, 0.2) is 30.9 Å². The van der Waals surface area contributed by atoms with Gasteiger partial charge in [0, 0.05) is 44.8 Å². The molecule has 0 amide bonds. The van der Waals surface area contributed by atoms with Gasteiger partial charge in [-0.1, -0.05) is 0 Å². The van der Waals surface area contributed by atoms with Crippen molar-refractivity contribution in [1.82, 2.24) is 34.9 Å². The van der Waals surface area contributed by atoms with Gasteiger partial charge in [0.15, 0.2) is 11.5 Å². The molecule has 3 aromatic heterocycles. The zero-order valence-electron chi connectivity index (χ0n) is 11.3. The number of fused-ring (bicyclic) bond motifs is 1. The van der Waals surface area contributed by atoms with Crippen molar-refractivity contribution >= 4 is 11.6 Å². The summed E-state index contributed by atoms with van der Waals surface area (Å²) in [6.45, 7) is 3.72. The number of nitrogens with one attached hydrogen (secondary N) is 1. The van der Waals surface area contributed by atoms with Gasteiger partial charge in [0.05, 0.1) is 6.20 Å². The first-order chi connectivity index (χ1) is 10.4. The Bertz CT molecular complexity index is 761. The van der Waals surface area contributed by atoms with Gasteiger partial charge in [0.25, 0.3) is 0 Å². The first-order valence-electron chi connectivity index (χ1n) is 6.86. The van der Waals surface area contributed by atoms with Crippen molar-refractivity contribution < 1.29 is 0 Å². The van der Waals surface area contributed by atoms with Crippen LogP contribution in [0.1, 0.15) is 0 Å². The molecule has 1 fully saturated rings. The standard InChI is InChI=1S/C13H14N8/c1-2-16-13(20-6-3-14-4-7-20)17-10(1)12-19-18-11-9-15-5-8-21(11)12/h1-2,5,8-9,14H,3-4,6-7H2. The van der Waals surface area contributed by atoms with Gasteiger partial charge in [0.1, 0.15) is 5.69 Å². The summed E-state index contributed by atoms with van der Waals surface area (Å²) in [5.41, 5.74) is 1.46. The first kappa shape index (κ1) is 12.2. The molecule has 4 heterocycles. The quantitative estimate of drug-likeness (QED) is 0.707. The third-order valence-corrected chi connectivity index (χ3v) is 3.49. The number of piperazine rings is 1. The van der Waals surface area contributed by atoms with E-state index in [0.29, 0.717) is 11.5 Å². The van der Waals surface area contributed by atoms with Crippen molar-refractivity contribution in [1.29, 1.82) is 0 Å². The van der Waals surface area contributed by atoms with Crippen LogP contribution in [0.3, 0.4) is 0 Å². The molecule has 0 radical (unpaired) electrons. The van der Waals surface area contributed by atoms with Crippen LogP contribution in [0.2, 0.25) is 0 Å². The predicted octanol–water partition coefficient (Wildman–Crippen LogP) is -0.00910. The van der Waals surface area contributed by atoms with E-state index in [9.17, 15) is 0 Å². The molecular weight excluding hydrogens is 268 g/mol. The van der Waals surface area contributed by atoms with Gasteiger partial charge < -0.3 is 10.2 Å². The number of anilines is 1. The number of hydrogen-bond acceptors (Lipinski definition) is 7. The Morgan fingerprint density at radius 2 is 2.00 bits per heavy atom. The van der Waals surface area contributed by atoms with E-state index >= 15 is 0 Å². The van der Waals surface area contributed by atoms with Crippen molar-refractivity contribution in [3.05, 3.63) is 30.9 Å². The van der Waals surface area contributed by atoms with Crippen LogP contribution in [0.5, 0.6) is 0 Å². The summed E-state index contributed by atoms with van der Waals surface area (Å²) in [5.74, 6) is 1.44. The summed E-state index contributed by atoms with van der Waals surface area (Å²) >= 11 is 0. The van der Waals surface area contributed by atoms with E-state index in [4.69, 9.17) is 0 Å². The fourth-order valence-corrected chi connectivity index (χ4v) is 2.42. The SMILES string of the molecule is c1cn2c(-c3ccnc(N4CCNCC4)n3)nnc2cn1. The lowest BCUT2D eigenvalue weighted by Gasteiger charge is -2.27. The van der Waals surface area contributed by atoms with Crippen LogP contribution in [0, 0.1) is 0 Å². The van der Waals surface area contributed by atoms with Crippen molar-refractivity contribution in [3.63, 3.8) is 0 Å². The molecular formula is C13H14N8. The van der Waals surface area contributed by atoms with Crippen LogP contribution in [0.25, 0.3) is 17.2 Å². The second-order valence-corrected chi connectivity index (χ2v) is 4.81. The van der Waals surface area contributed by atoms with Crippen LogP contribution < -0.4 is 10.2 Å². The highest BCUT2D eigenvalue weighted by molar-refractivity contribution is 5.56. The van der Waals surface area contributed by atoms with Crippen molar-refractivity contribution in [2.24, 2.45) is 0 Å². The summed E-state index contributed by atoms with van der Waals surface area (Å²) in [7, 11) is 0. The minimum atomic E-state index is 0.700. The largest absolute Gasteiger partial charge is 0.338 e. The van der Waals surface area contributed by atoms with Crippen molar-refractivity contribution in [2.45, 2.75) is 0 Å². The first-order valence-corrected chi connectivity index (χ1v) is 6.86. The molecule has 1 aliphatic heterocycles. The molecule has 4 rings (SSSR count). The van der Waals surface area contributed by atoms with Crippen LogP contribution in [0.4, 0.5) is 5.95 Å². The monoisotopic (exact) mass is 282 g/mol. The molecule has 0 atom stereocenters. The highest BCUT2D eigenvalue weighted by atomic mass is 15.3. The molecule has 8 nitrogen and oxygen atoms in total. The minimum Gasteiger partial charge on any atom is -0.338 e. The Balaban J connectivity index is 1.75. The Labute approximate surface area is 120 Å². The number of rotatable bonds is 2. The third kappa shape index (κ3) is 2.19. The lowest BCUT2D eigenvalue weighted by Crippen LogP contribution is -2.44. The Morgan fingerprint density at radius 3 is 2.90 bits per heavy atom. The van der Waals surface area contributed by atoms with Crippen molar-refractivity contribution in [2.75, 3.05) is 31.1 Å². The van der Waals surface area contributed by atoms with E-state index in [0.717, 1.165) is 37.8 Å². The molecule has 0 spiro atoms. The smallest absolute Gasteiger partial charge is 0.226 e. The molecule has 8 heteroatoms. The predicted molar refractivity (Wildman–Crippen MR) is 76.9 cm³/mol. The van der Waals surface area contributed by atoms with Crippen molar-refractivity contribution in [3.8, 4) is 11.5 Å². The summed E-state index contributed by atoms with van der Waals surface area (Å²) in [5, 5.41) is 11.6. The van der Waals surface area contributed by atoms with Gasteiger partial charge >= 0.3 is 0 Å². The number of nitrogens with zero attached hydrogens (tertiary/aromatic N) is 7. The Kier molecular flexibility index (Phi) is 2.93. The lowest BCUT2D eigenvalue weighted by molar-refractivity contribution is 0.580. The topological polar surface area (TPSA) is 84.1 Å². The van der Waals surface area contributed by atoms with Crippen LogP contribution in [-0.2, 0) is 0 Å². The Hall–Kier alpha value is -2.61. The van der Waals surface area contributed by atoms with Gasteiger partial charge in [-0.25, -0.2) is 9.97 Å². The maximum absolute atomic E-state index is 4.63. The highest BCUT2D eigenvalue weighted by Gasteiger charge is 2.15. The van der Waals surface area contributed by atoms with Gasteiger partial charge in [-0.15, -0.1) is 10.2 Å². The average Bonchev–Trinajstić information content (AvgIpc) is 3.00. The third-order valence-electron chi connectivity index (χ3n) is 3.49. The summed E-state index contributed by atoms with van der Waals surface area (Å²) in [4.78, 5) is 15.2. The van der Waals surface area contributed by atoms with E-state index in [1.54, 1.807) is 18.6 Å². The molecule has 106 valence electrons. The second kappa shape index (κ2) is 5.06. The molecule has 3 aromatic rings. The van der Waals surface area contributed by atoms with Gasteiger partial charge in [-0.05, 0) is 6.07 Å².